The van der Waals surface area contributed by atoms with Gasteiger partial charge < -0.3 is 0 Å². The Balaban J connectivity index is 2.99. The molecule has 0 saturated heterocycles. The molecule has 1 amide bonds. The summed E-state index contributed by atoms with van der Waals surface area (Å²) in [5, 5.41) is 4.99. The first-order valence-electron chi connectivity index (χ1n) is 4.27. The highest BCUT2D eigenvalue weighted by atomic mass is 35.5. The average Bonchev–Trinajstić information content (AvgIpc) is 2.18. The zero-order valence-corrected chi connectivity index (χ0v) is 9.86. The van der Waals surface area contributed by atoms with Gasteiger partial charge in [-0.2, -0.15) is 5.10 Å². The fourth-order valence-electron chi connectivity index (χ4n) is 0.998. The smallest absolute Gasteiger partial charge is 0.236 e. The van der Waals surface area contributed by atoms with Gasteiger partial charge in [0.25, 0.3) is 0 Å². The van der Waals surface area contributed by atoms with Crippen LogP contribution in [0.15, 0.2) is 23.3 Å². The molecule has 0 spiro atoms. The molecule has 0 bridgehead atoms. The van der Waals surface area contributed by atoms with Gasteiger partial charge in [-0.05, 0) is 25.1 Å². The van der Waals surface area contributed by atoms with E-state index in [1.807, 2.05) is 0 Å². The molecule has 1 rings (SSSR count). The van der Waals surface area contributed by atoms with Crippen LogP contribution >= 0.6 is 23.2 Å². The molecular formula is C10H10Cl2N2O. The van der Waals surface area contributed by atoms with E-state index in [1.54, 1.807) is 25.1 Å². The van der Waals surface area contributed by atoms with E-state index in [0.717, 1.165) is 0 Å². The Morgan fingerprint density at radius 2 is 2.00 bits per heavy atom. The van der Waals surface area contributed by atoms with Crippen LogP contribution in [0, 0.1) is 0 Å². The number of hydrazone groups is 1. The van der Waals surface area contributed by atoms with E-state index < -0.39 is 0 Å². The normalized spacial score (nSPS) is 11.3. The topological polar surface area (TPSA) is 41.5 Å². The third-order valence-corrected chi connectivity index (χ3v) is 2.26. The molecule has 15 heavy (non-hydrogen) atoms. The summed E-state index contributed by atoms with van der Waals surface area (Å²) < 4.78 is 0. The molecule has 0 unspecified atom stereocenters. The van der Waals surface area contributed by atoms with Crippen molar-refractivity contribution in [3.05, 3.63) is 33.8 Å². The number of carbonyl (C=O) groups excluding carboxylic acids is 1. The van der Waals surface area contributed by atoms with Gasteiger partial charge in [0.2, 0.25) is 5.91 Å². The Labute approximate surface area is 98.1 Å². The molecule has 0 aromatic heterocycles. The number of amides is 1. The summed E-state index contributed by atoms with van der Waals surface area (Å²) in [6.45, 7) is 3.13. The first kappa shape index (κ1) is 12.0. The largest absolute Gasteiger partial charge is 0.274 e. The molecule has 1 N–H and O–H groups in total. The summed E-state index contributed by atoms with van der Waals surface area (Å²) in [6.07, 6.45) is 0. The highest BCUT2D eigenvalue weighted by molar-refractivity contribution is 6.36. The Morgan fingerprint density at radius 1 is 1.33 bits per heavy atom. The summed E-state index contributed by atoms with van der Waals surface area (Å²) >= 11 is 11.8. The second-order valence-electron chi connectivity index (χ2n) is 2.99. The number of hydrogen-bond donors (Lipinski definition) is 1. The molecule has 0 aliphatic carbocycles. The Morgan fingerprint density at radius 3 is 2.60 bits per heavy atom. The van der Waals surface area contributed by atoms with Gasteiger partial charge in [0.15, 0.2) is 0 Å². The summed E-state index contributed by atoms with van der Waals surface area (Å²) in [7, 11) is 0. The Bertz CT molecular complexity index is 416. The molecule has 1 aromatic rings. The zero-order valence-electron chi connectivity index (χ0n) is 8.34. The lowest BCUT2D eigenvalue weighted by Gasteiger charge is -2.04. The van der Waals surface area contributed by atoms with Crippen LogP contribution in [0.1, 0.15) is 19.4 Å². The first-order valence-corrected chi connectivity index (χ1v) is 5.02. The molecular weight excluding hydrogens is 235 g/mol. The summed E-state index contributed by atoms with van der Waals surface area (Å²) in [5.41, 5.74) is 3.65. The molecule has 0 aliphatic heterocycles. The van der Waals surface area contributed by atoms with E-state index >= 15 is 0 Å². The van der Waals surface area contributed by atoms with Crippen LogP contribution in [0.3, 0.4) is 0 Å². The highest BCUT2D eigenvalue weighted by Gasteiger charge is 2.04. The van der Waals surface area contributed by atoms with E-state index in [2.05, 4.69) is 10.5 Å². The van der Waals surface area contributed by atoms with Crippen molar-refractivity contribution in [2.75, 3.05) is 0 Å². The zero-order chi connectivity index (χ0) is 11.4. The van der Waals surface area contributed by atoms with Crippen LogP contribution in [0.25, 0.3) is 0 Å². The summed E-state index contributed by atoms with van der Waals surface area (Å²) in [6, 6.07) is 5.08. The van der Waals surface area contributed by atoms with Crippen molar-refractivity contribution in [2.45, 2.75) is 13.8 Å². The second-order valence-corrected chi connectivity index (χ2v) is 3.83. The fraction of sp³-hybridized carbons (Fsp3) is 0.200. The number of rotatable bonds is 2. The minimum Gasteiger partial charge on any atom is -0.274 e. The predicted molar refractivity (Wildman–Crippen MR) is 62.5 cm³/mol. The van der Waals surface area contributed by atoms with Gasteiger partial charge in [-0.25, -0.2) is 5.43 Å². The van der Waals surface area contributed by atoms with Gasteiger partial charge in [0, 0.05) is 22.5 Å². The lowest BCUT2D eigenvalue weighted by molar-refractivity contribution is -0.118. The van der Waals surface area contributed by atoms with Crippen molar-refractivity contribution in [3.63, 3.8) is 0 Å². The molecule has 0 atom stereocenters. The van der Waals surface area contributed by atoms with E-state index in [1.165, 1.54) is 6.92 Å². The molecule has 0 aliphatic rings. The van der Waals surface area contributed by atoms with Crippen LogP contribution in [0.2, 0.25) is 10.0 Å². The lowest BCUT2D eigenvalue weighted by Crippen LogP contribution is -2.15. The number of nitrogens with one attached hydrogen (secondary N) is 1. The number of carbonyl (C=O) groups is 1. The third-order valence-electron chi connectivity index (χ3n) is 1.70. The number of halogens is 2. The number of hydrogen-bond acceptors (Lipinski definition) is 2. The Kier molecular flexibility index (Phi) is 4.12. The fourth-order valence-corrected chi connectivity index (χ4v) is 1.42. The van der Waals surface area contributed by atoms with E-state index in [4.69, 9.17) is 23.2 Å². The molecule has 3 nitrogen and oxygen atoms in total. The molecule has 5 heteroatoms. The van der Waals surface area contributed by atoms with Crippen molar-refractivity contribution in [1.29, 1.82) is 0 Å². The summed E-state index contributed by atoms with van der Waals surface area (Å²) in [5.74, 6) is -0.229. The van der Waals surface area contributed by atoms with Gasteiger partial charge in [0.1, 0.15) is 0 Å². The minimum atomic E-state index is -0.229. The summed E-state index contributed by atoms with van der Waals surface area (Å²) in [4.78, 5) is 10.7. The number of nitrogens with zero attached hydrogens (tertiary/aromatic N) is 1. The van der Waals surface area contributed by atoms with Gasteiger partial charge in [-0.15, -0.1) is 0 Å². The predicted octanol–water partition coefficient (Wildman–Crippen LogP) is 2.85. The molecule has 1 aromatic carbocycles. The molecule has 0 fully saturated rings. The van der Waals surface area contributed by atoms with Gasteiger partial charge in [-0.1, -0.05) is 23.2 Å². The standard InChI is InChI=1S/C10H10Cl2N2O/c1-6(13-14-7(2)15)9-5-8(11)3-4-10(9)12/h3-5H,1-2H3,(H,14,15)/b13-6-. The average molecular weight is 245 g/mol. The van der Waals surface area contributed by atoms with Crippen molar-refractivity contribution in [2.24, 2.45) is 5.10 Å². The van der Waals surface area contributed by atoms with Crippen LogP contribution in [0.5, 0.6) is 0 Å². The van der Waals surface area contributed by atoms with E-state index in [9.17, 15) is 4.79 Å². The van der Waals surface area contributed by atoms with Crippen molar-refractivity contribution in [3.8, 4) is 0 Å². The van der Waals surface area contributed by atoms with Crippen molar-refractivity contribution >= 4 is 34.8 Å². The monoisotopic (exact) mass is 244 g/mol. The molecule has 0 radical (unpaired) electrons. The molecule has 0 heterocycles. The minimum absolute atomic E-state index is 0.229. The quantitative estimate of drug-likeness (QED) is 0.631. The first-order chi connectivity index (χ1) is 7.00. The second kappa shape index (κ2) is 5.14. The third kappa shape index (κ3) is 3.53. The van der Waals surface area contributed by atoms with Gasteiger partial charge in [-0.3, -0.25) is 4.79 Å². The van der Waals surface area contributed by atoms with E-state index in [-0.39, 0.29) is 5.91 Å². The molecule has 80 valence electrons. The highest BCUT2D eigenvalue weighted by Crippen LogP contribution is 2.21. The Hall–Kier alpha value is -1.06. The van der Waals surface area contributed by atoms with Gasteiger partial charge >= 0.3 is 0 Å². The van der Waals surface area contributed by atoms with Crippen LogP contribution in [0.4, 0.5) is 0 Å². The van der Waals surface area contributed by atoms with Crippen molar-refractivity contribution in [1.82, 2.24) is 5.43 Å². The SMILES string of the molecule is CC(=O)N/N=C(/C)c1cc(Cl)ccc1Cl. The van der Waals surface area contributed by atoms with Crippen LogP contribution < -0.4 is 5.43 Å². The van der Waals surface area contributed by atoms with Crippen LogP contribution in [-0.4, -0.2) is 11.6 Å². The lowest BCUT2D eigenvalue weighted by atomic mass is 10.1. The van der Waals surface area contributed by atoms with Crippen LogP contribution in [-0.2, 0) is 4.79 Å². The van der Waals surface area contributed by atoms with Crippen molar-refractivity contribution < 1.29 is 4.79 Å². The maximum absolute atomic E-state index is 10.7. The molecule has 0 saturated carbocycles. The van der Waals surface area contributed by atoms with Gasteiger partial charge in [0.05, 0.1) is 5.71 Å². The maximum Gasteiger partial charge on any atom is 0.236 e. The maximum atomic E-state index is 10.7. The van der Waals surface area contributed by atoms with E-state index in [0.29, 0.717) is 21.3 Å². The number of benzene rings is 1.